The maximum absolute atomic E-state index is 9.76. The lowest BCUT2D eigenvalue weighted by molar-refractivity contribution is 0.154. The summed E-state index contributed by atoms with van der Waals surface area (Å²) in [7, 11) is 0. The third kappa shape index (κ3) is 2.58. The van der Waals surface area contributed by atoms with Crippen LogP contribution in [0, 0.1) is 6.92 Å². The van der Waals surface area contributed by atoms with Gasteiger partial charge in [0.2, 0.25) is 0 Å². The SMILES string of the molecule is Cc1cccc(C(N)=S)c1N1CCCC(O)C1. The number of β-amino-alcohol motifs (C(OH)–C–C–N with tert-alkyl or cyclic N) is 1. The van der Waals surface area contributed by atoms with Crippen LogP contribution in [0.5, 0.6) is 0 Å². The van der Waals surface area contributed by atoms with E-state index in [1.165, 1.54) is 0 Å². The van der Waals surface area contributed by atoms with Crippen LogP contribution in [0.3, 0.4) is 0 Å². The minimum atomic E-state index is -0.248. The normalized spacial score (nSPS) is 20.4. The minimum absolute atomic E-state index is 0.248. The zero-order valence-corrected chi connectivity index (χ0v) is 10.8. The van der Waals surface area contributed by atoms with Crippen LogP contribution >= 0.6 is 12.2 Å². The zero-order valence-electron chi connectivity index (χ0n) is 10.0. The highest BCUT2D eigenvalue weighted by Gasteiger charge is 2.21. The Morgan fingerprint density at radius 1 is 1.53 bits per heavy atom. The molecule has 0 spiro atoms. The fourth-order valence-electron chi connectivity index (χ4n) is 2.44. The van der Waals surface area contributed by atoms with Gasteiger partial charge in [0.15, 0.2) is 0 Å². The molecule has 0 radical (unpaired) electrons. The Morgan fingerprint density at radius 2 is 2.29 bits per heavy atom. The first-order valence-corrected chi connectivity index (χ1v) is 6.33. The van der Waals surface area contributed by atoms with Crippen molar-refractivity contribution in [1.29, 1.82) is 0 Å². The van der Waals surface area contributed by atoms with Crippen molar-refractivity contribution in [3.05, 3.63) is 29.3 Å². The van der Waals surface area contributed by atoms with Gasteiger partial charge in [-0.1, -0.05) is 24.4 Å². The molecule has 1 aromatic carbocycles. The molecule has 0 aromatic heterocycles. The smallest absolute Gasteiger partial charge is 0.106 e. The molecule has 1 aliphatic rings. The van der Waals surface area contributed by atoms with Crippen LogP contribution < -0.4 is 10.6 Å². The van der Waals surface area contributed by atoms with Crippen molar-refractivity contribution in [2.75, 3.05) is 18.0 Å². The van der Waals surface area contributed by atoms with E-state index in [4.69, 9.17) is 18.0 Å². The quantitative estimate of drug-likeness (QED) is 0.783. The van der Waals surface area contributed by atoms with Crippen LogP contribution in [0.2, 0.25) is 0 Å². The van der Waals surface area contributed by atoms with Gasteiger partial charge in [0.05, 0.1) is 6.10 Å². The molecule has 3 nitrogen and oxygen atoms in total. The lowest BCUT2D eigenvalue weighted by Gasteiger charge is -2.34. The molecule has 0 amide bonds. The Hall–Kier alpha value is -1.13. The van der Waals surface area contributed by atoms with E-state index in [0.717, 1.165) is 36.2 Å². The number of aryl methyl sites for hydroxylation is 1. The zero-order chi connectivity index (χ0) is 12.4. The minimum Gasteiger partial charge on any atom is -0.391 e. The maximum Gasteiger partial charge on any atom is 0.106 e. The Morgan fingerprint density at radius 3 is 2.94 bits per heavy atom. The summed E-state index contributed by atoms with van der Waals surface area (Å²) in [5.41, 5.74) is 8.92. The molecule has 1 saturated heterocycles. The van der Waals surface area contributed by atoms with E-state index in [0.29, 0.717) is 11.5 Å². The average molecular weight is 250 g/mol. The molecule has 4 heteroatoms. The van der Waals surface area contributed by atoms with E-state index in [9.17, 15) is 5.11 Å². The molecule has 0 bridgehead atoms. The summed E-state index contributed by atoms with van der Waals surface area (Å²) in [5, 5.41) is 9.76. The van der Waals surface area contributed by atoms with E-state index in [2.05, 4.69) is 17.9 Å². The highest BCUT2D eigenvalue weighted by atomic mass is 32.1. The first-order valence-electron chi connectivity index (χ1n) is 5.92. The summed E-state index contributed by atoms with van der Waals surface area (Å²) < 4.78 is 0. The molecule has 92 valence electrons. The van der Waals surface area contributed by atoms with Crippen molar-refractivity contribution in [3.8, 4) is 0 Å². The Balaban J connectivity index is 2.39. The Bertz CT molecular complexity index is 433. The van der Waals surface area contributed by atoms with Crippen LogP contribution in [-0.2, 0) is 0 Å². The number of para-hydroxylation sites is 1. The molecule has 2 rings (SSSR count). The monoisotopic (exact) mass is 250 g/mol. The van der Waals surface area contributed by atoms with E-state index < -0.39 is 0 Å². The maximum atomic E-state index is 9.76. The number of thiocarbonyl (C=S) groups is 1. The van der Waals surface area contributed by atoms with Crippen LogP contribution in [0.1, 0.15) is 24.0 Å². The molecule has 1 aromatic rings. The molecule has 3 N–H and O–H groups in total. The highest BCUT2D eigenvalue weighted by Crippen LogP contribution is 2.28. The number of aliphatic hydroxyl groups excluding tert-OH is 1. The van der Waals surface area contributed by atoms with Gasteiger partial charge in [-0.2, -0.15) is 0 Å². The van der Waals surface area contributed by atoms with Crippen molar-refractivity contribution in [1.82, 2.24) is 0 Å². The van der Waals surface area contributed by atoms with Crippen molar-refractivity contribution in [2.24, 2.45) is 5.73 Å². The predicted octanol–water partition coefficient (Wildman–Crippen LogP) is 1.59. The van der Waals surface area contributed by atoms with Gasteiger partial charge in [-0.25, -0.2) is 0 Å². The topological polar surface area (TPSA) is 49.5 Å². The second-order valence-corrected chi connectivity index (χ2v) is 5.02. The van der Waals surface area contributed by atoms with Crippen molar-refractivity contribution in [3.63, 3.8) is 0 Å². The number of rotatable bonds is 2. The number of nitrogens with zero attached hydrogens (tertiary/aromatic N) is 1. The third-order valence-electron chi connectivity index (χ3n) is 3.22. The van der Waals surface area contributed by atoms with Gasteiger partial charge in [0.25, 0.3) is 0 Å². The van der Waals surface area contributed by atoms with Crippen molar-refractivity contribution < 1.29 is 5.11 Å². The van der Waals surface area contributed by atoms with Crippen molar-refractivity contribution >= 4 is 22.9 Å². The number of hydrogen-bond acceptors (Lipinski definition) is 3. The fourth-order valence-corrected chi connectivity index (χ4v) is 2.60. The molecule has 1 fully saturated rings. The summed E-state index contributed by atoms with van der Waals surface area (Å²) in [4.78, 5) is 2.61. The number of nitrogens with two attached hydrogens (primary N) is 1. The Labute approximate surface area is 107 Å². The summed E-state index contributed by atoms with van der Waals surface area (Å²) in [5.74, 6) is 0. The summed E-state index contributed by atoms with van der Waals surface area (Å²) in [6, 6.07) is 5.97. The first kappa shape index (κ1) is 12.3. The van der Waals surface area contributed by atoms with Gasteiger partial charge in [0, 0.05) is 24.3 Å². The van der Waals surface area contributed by atoms with Gasteiger partial charge >= 0.3 is 0 Å². The first-order chi connectivity index (χ1) is 8.09. The molecule has 17 heavy (non-hydrogen) atoms. The van der Waals surface area contributed by atoms with Crippen LogP contribution in [0.4, 0.5) is 5.69 Å². The van der Waals surface area contributed by atoms with Crippen LogP contribution in [0.15, 0.2) is 18.2 Å². The number of benzene rings is 1. The largest absolute Gasteiger partial charge is 0.391 e. The average Bonchev–Trinajstić information content (AvgIpc) is 2.28. The van der Waals surface area contributed by atoms with E-state index in [-0.39, 0.29) is 6.10 Å². The molecular weight excluding hydrogens is 232 g/mol. The summed E-state index contributed by atoms with van der Waals surface area (Å²) in [6.07, 6.45) is 1.64. The molecule has 1 unspecified atom stereocenters. The number of aliphatic hydroxyl groups is 1. The van der Waals surface area contributed by atoms with E-state index >= 15 is 0 Å². The number of anilines is 1. The van der Waals surface area contributed by atoms with Gasteiger partial charge in [0.1, 0.15) is 4.99 Å². The van der Waals surface area contributed by atoms with Gasteiger partial charge in [-0.05, 0) is 31.4 Å². The van der Waals surface area contributed by atoms with E-state index in [1.807, 2.05) is 12.1 Å². The summed E-state index contributed by atoms with van der Waals surface area (Å²) >= 11 is 5.10. The molecule has 1 aliphatic heterocycles. The van der Waals surface area contributed by atoms with Gasteiger partial charge in [-0.15, -0.1) is 0 Å². The molecule has 0 aliphatic carbocycles. The second-order valence-electron chi connectivity index (χ2n) is 4.58. The number of piperidine rings is 1. The lowest BCUT2D eigenvalue weighted by atomic mass is 10.0. The Kier molecular flexibility index (Phi) is 3.64. The standard InChI is InChI=1S/C13H18N2OS/c1-9-4-2-6-11(13(14)17)12(9)15-7-3-5-10(16)8-15/h2,4,6,10,16H,3,5,7-8H2,1H3,(H2,14,17). The van der Waals surface area contributed by atoms with Crippen LogP contribution in [-0.4, -0.2) is 29.3 Å². The van der Waals surface area contributed by atoms with Crippen molar-refractivity contribution in [2.45, 2.75) is 25.9 Å². The molecule has 1 heterocycles. The molecular formula is C13H18N2OS. The van der Waals surface area contributed by atoms with Gasteiger partial charge < -0.3 is 15.7 Å². The fraction of sp³-hybridized carbons (Fsp3) is 0.462. The van der Waals surface area contributed by atoms with E-state index in [1.54, 1.807) is 0 Å². The molecule has 1 atom stereocenters. The lowest BCUT2D eigenvalue weighted by Crippen LogP contribution is -2.39. The highest BCUT2D eigenvalue weighted by molar-refractivity contribution is 7.80. The van der Waals surface area contributed by atoms with Gasteiger partial charge in [-0.3, -0.25) is 0 Å². The second kappa shape index (κ2) is 5.02. The number of hydrogen-bond donors (Lipinski definition) is 2. The van der Waals surface area contributed by atoms with Crippen LogP contribution in [0.25, 0.3) is 0 Å². The summed E-state index contributed by atoms with van der Waals surface area (Å²) in [6.45, 7) is 3.68. The predicted molar refractivity (Wildman–Crippen MR) is 74.5 cm³/mol. The molecule has 0 saturated carbocycles. The third-order valence-corrected chi connectivity index (χ3v) is 3.44.